The zero-order valence-corrected chi connectivity index (χ0v) is 14.3. The maximum Gasteiger partial charge on any atom is 0.256 e. The lowest BCUT2D eigenvalue weighted by molar-refractivity contribution is 0.102. The Balaban J connectivity index is 1.73. The van der Waals surface area contributed by atoms with E-state index in [0.29, 0.717) is 29.3 Å². The average molecular weight is 343 g/mol. The van der Waals surface area contributed by atoms with E-state index in [1.807, 2.05) is 49.4 Å². The van der Waals surface area contributed by atoms with Crippen LogP contribution in [0.4, 0.5) is 5.82 Å². The third-order valence-electron chi connectivity index (χ3n) is 3.73. The Kier molecular flexibility index (Phi) is 5.25. The number of ether oxygens (including phenoxy) is 1. The highest BCUT2D eigenvalue weighted by Gasteiger charge is 2.11. The van der Waals surface area contributed by atoms with E-state index in [9.17, 15) is 10.1 Å². The van der Waals surface area contributed by atoms with Crippen LogP contribution in [0.2, 0.25) is 0 Å². The van der Waals surface area contributed by atoms with Crippen LogP contribution in [0.1, 0.15) is 27.2 Å². The first-order valence-electron chi connectivity index (χ1n) is 8.11. The highest BCUT2D eigenvalue weighted by Crippen LogP contribution is 2.21. The van der Waals surface area contributed by atoms with Gasteiger partial charge in [-0.3, -0.25) is 4.79 Å². The standard InChI is InChI=1S/C21H17N3O2/c1-15-6-5-9-20(23-15)24-21(25)17-10-11-19(18(12-17)13-22)26-14-16-7-3-2-4-8-16/h2-12H,14H2,1H3,(H,23,24,25). The molecule has 1 N–H and O–H groups in total. The fourth-order valence-corrected chi connectivity index (χ4v) is 2.42. The first kappa shape index (κ1) is 17.2. The van der Waals surface area contributed by atoms with Gasteiger partial charge >= 0.3 is 0 Å². The summed E-state index contributed by atoms with van der Waals surface area (Å²) >= 11 is 0. The van der Waals surface area contributed by atoms with Gasteiger partial charge in [0, 0.05) is 11.3 Å². The highest BCUT2D eigenvalue weighted by atomic mass is 16.5. The van der Waals surface area contributed by atoms with Crippen LogP contribution in [0.15, 0.2) is 66.7 Å². The van der Waals surface area contributed by atoms with Gasteiger partial charge in [0.25, 0.3) is 5.91 Å². The van der Waals surface area contributed by atoms with E-state index in [1.54, 1.807) is 18.2 Å². The number of aryl methyl sites for hydroxylation is 1. The molecule has 0 saturated carbocycles. The van der Waals surface area contributed by atoms with Crippen molar-refractivity contribution in [1.82, 2.24) is 4.98 Å². The Morgan fingerprint density at radius 1 is 1.12 bits per heavy atom. The molecular formula is C21H17N3O2. The molecule has 5 heteroatoms. The minimum Gasteiger partial charge on any atom is -0.488 e. The molecule has 128 valence electrons. The van der Waals surface area contributed by atoms with Gasteiger partial charge in [0.1, 0.15) is 24.2 Å². The van der Waals surface area contributed by atoms with Gasteiger partial charge in [-0.1, -0.05) is 36.4 Å². The van der Waals surface area contributed by atoms with Gasteiger partial charge in [-0.2, -0.15) is 5.26 Å². The van der Waals surface area contributed by atoms with Crippen molar-refractivity contribution in [3.8, 4) is 11.8 Å². The second-order valence-corrected chi connectivity index (χ2v) is 5.72. The summed E-state index contributed by atoms with van der Waals surface area (Å²) in [6, 6.07) is 21.9. The molecule has 1 aromatic heterocycles. The number of anilines is 1. The molecule has 0 radical (unpaired) electrons. The van der Waals surface area contributed by atoms with Crippen molar-refractivity contribution in [3.05, 3.63) is 89.1 Å². The third kappa shape index (κ3) is 4.25. The maximum absolute atomic E-state index is 12.4. The van der Waals surface area contributed by atoms with E-state index in [4.69, 9.17) is 4.74 Å². The number of nitriles is 1. The molecule has 5 nitrogen and oxygen atoms in total. The van der Waals surface area contributed by atoms with Gasteiger partial charge in [-0.05, 0) is 42.8 Å². The topological polar surface area (TPSA) is 75.0 Å². The van der Waals surface area contributed by atoms with Crippen molar-refractivity contribution in [2.75, 3.05) is 5.32 Å². The predicted octanol–water partition coefficient (Wildman–Crippen LogP) is 4.09. The van der Waals surface area contributed by atoms with Crippen molar-refractivity contribution < 1.29 is 9.53 Å². The van der Waals surface area contributed by atoms with Crippen molar-refractivity contribution in [3.63, 3.8) is 0 Å². The molecule has 26 heavy (non-hydrogen) atoms. The lowest BCUT2D eigenvalue weighted by Crippen LogP contribution is -2.13. The Bertz CT molecular complexity index is 962. The summed E-state index contributed by atoms with van der Waals surface area (Å²) in [6.45, 7) is 2.20. The molecule has 1 heterocycles. The van der Waals surface area contributed by atoms with Crippen LogP contribution in [0, 0.1) is 18.3 Å². The zero-order valence-electron chi connectivity index (χ0n) is 14.3. The number of aromatic nitrogens is 1. The Hall–Kier alpha value is -3.65. The minimum atomic E-state index is -0.325. The molecule has 0 bridgehead atoms. The number of amides is 1. The predicted molar refractivity (Wildman–Crippen MR) is 98.9 cm³/mol. The molecule has 0 aliphatic carbocycles. The lowest BCUT2D eigenvalue weighted by atomic mass is 10.1. The fraction of sp³-hybridized carbons (Fsp3) is 0.0952. The van der Waals surface area contributed by atoms with Gasteiger partial charge in [0.05, 0.1) is 5.56 Å². The van der Waals surface area contributed by atoms with Crippen LogP contribution >= 0.6 is 0 Å². The number of hydrogen-bond donors (Lipinski definition) is 1. The van der Waals surface area contributed by atoms with Crippen molar-refractivity contribution in [1.29, 1.82) is 5.26 Å². The molecule has 1 amide bonds. The molecule has 2 aromatic carbocycles. The number of hydrogen-bond acceptors (Lipinski definition) is 4. The highest BCUT2D eigenvalue weighted by molar-refractivity contribution is 6.04. The van der Waals surface area contributed by atoms with Crippen molar-refractivity contribution in [2.24, 2.45) is 0 Å². The average Bonchev–Trinajstić information content (AvgIpc) is 2.67. The zero-order chi connectivity index (χ0) is 18.4. The number of rotatable bonds is 5. The normalized spacial score (nSPS) is 10.0. The summed E-state index contributed by atoms with van der Waals surface area (Å²) < 4.78 is 5.72. The van der Waals surface area contributed by atoms with E-state index < -0.39 is 0 Å². The summed E-state index contributed by atoms with van der Waals surface area (Å²) in [5, 5.41) is 12.1. The number of carbonyl (C=O) groups is 1. The minimum absolute atomic E-state index is 0.311. The van der Waals surface area contributed by atoms with Gasteiger partial charge in [-0.15, -0.1) is 0 Å². The number of carbonyl (C=O) groups excluding carboxylic acids is 1. The molecule has 0 unspecified atom stereocenters. The second-order valence-electron chi connectivity index (χ2n) is 5.72. The molecule has 0 aliphatic rings. The molecule has 0 aliphatic heterocycles. The third-order valence-corrected chi connectivity index (χ3v) is 3.73. The Morgan fingerprint density at radius 2 is 1.92 bits per heavy atom. The Morgan fingerprint density at radius 3 is 2.65 bits per heavy atom. The SMILES string of the molecule is Cc1cccc(NC(=O)c2ccc(OCc3ccccc3)c(C#N)c2)n1. The molecule has 0 atom stereocenters. The molecule has 3 aromatic rings. The monoisotopic (exact) mass is 343 g/mol. The summed E-state index contributed by atoms with van der Waals surface area (Å²) in [6.07, 6.45) is 0. The quantitative estimate of drug-likeness (QED) is 0.757. The van der Waals surface area contributed by atoms with E-state index in [1.165, 1.54) is 6.07 Å². The molecule has 3 rings (SSSR count). The molecule has 0 spiro atoms. The van der Waals surface area contributed by atoms with Crippen molar-refractivity contribution in [2.45, 2.75) is 13.5 Å². The first-order valence-corrected chi connectivity index (χ1v) is 8.11. The van der Waals surface area contributed by atoms with Gasteiger partial charge < -0.3 is 10.1 Å². The molecule has 0 fully saturated rings. The number of pyridine rings is 1. The maximum atomic E-state index is 12.4. The second kappa shape index (κ2) is 7.95. The van der Waals surface area contributed by atoms with Gasteiger partial charge in [0.15, 0.2) is 0 Å². The number of nitrogens with one attached hydrogen (secondary N) is 1. The summed E-state index contributed by atoms with van der Waals surface area (Å²) in [5.74, 6) is 0.591. The summed E-state index contributed by atoms with van der Waals surface area (Å²) in [7, 11) is 0. The van der Waals surface area contributed by atoms with E-state index in [-0.39, 0.29) is 5.91 Å². The molecular weight excluding hydrogens is 326 g/mol. The van der Waals surface area contributed by atoms with E-state index in [2.05, 4.69) is 16.4 Å². The smallest absolute Gasteiger partial charge is 0.256 e. The van der Waals surface area contributed by atoms with E-state index >= 15 is 0 Å². The van der Waals surface area contributed by atoms with Crippen LogP contribution in [-0.2, 0) is 6.61 Å². The largest absolute Gasteiger partial charge is 0.488 e. The van der Waals surface area contributed by atoms with Crippen LogP contribution < -0.4 is 10.1 Å². The number of benzene rings is 2. The van der Waals surface area contributed by atoms with Crippen LogP contribution in [-0.4, -0.2) is 10.9 Å². The van der Waals surface area contributed by atoms with Crippen LogP contribution in [0.25, 0.3) is 0 Å². The Labute approximate surface area is 151 Å². The van der Waals surface area contributed by atoms with Crippen LogP contribution in [0.5, 0.6) is 5.75 Å². The molecule has 0 saturated heterocycles. The summed E-state index contributed by atoms with van der Waals surface area (Å²) in [5.41, 5.74) is 2.50. The number of nitrogens with zero attached hydrogens (tertiary/aromatic N) is 2. The first-order chi connectivity index (χ1) is 12.7. The van der Waals surface area contributed by atoms with Crippen molar-refractivity contribution >= 4 is 11.7 Å². The van der Waals surface area contributed by atoms with E-state index in [0.717, 1.165) is 11.3 Å². The summed E-state index contributed by atoms with van der Waals surface area (Å²) in [4.78, 5) is 16.6. The fourth-order valence-electron chi connectivity index (χ4n) is 2.42. The van der Waals surface area contributed by atoms with Gasteiger partial charge in [-0.25, -0.2) is 4.98 Å². The van der Waals surface area contributed by atoms with Gasteiger partial charge in [0.2, 0.25) is 0 Å². The lowest BCUT2D eigenvalue weighted by Gasteiger charge is -2.10. The van der Waals surface area contributed by atoms with Crippen LogP contribution in [0.3, 0.4) is 0 Å².